The number of fused-ring (bicyclic) bond motifs is 1. The first-order valence-electron chi connectivity index (χ1n) is 8.19. The summed E-state index contributed by atoms with van der Waals surface area (Å²) in [6, 6.07) is 7.96. The molecule has 2 unspecified atom stereocenters. The van der Waals surface area contributed by atoms with Crippen molar-refractivity contribution in [3.05, 3.63) is 57.9 Å². The Kier molecular flexibility index (Phi) is 3.41. The normalized spacial score (nSPS) is 20.6. The van der Waals surface area contributed by atoms with Gasteiger partial charge in [0.1, 0.15) is 6.33 Å². The molecule has 1 amide bonds. The second-order valence-corrected chi connectivity index (χ2v) is 6.63. The molecule has 1 aliphatic carbocycles. The molecule has 2 N–H and O–H groups in total. The third-order valence-electron chi connectivity index (χ3n) is 4.94. The molecule has 8 nitrogen and oxygen atoms in total. The molecule has 1 fully saturated rings. The molecule has 1 aromatic carbocycles. The minimum atomic E-state index is -0.744. The monoisotopic (exact) mass is 338 g/mol. The van der Waals surface area contributed by atoms with Crippen LogP contribution in [0.15, 0.2) is 35.4 Å². The van der Waals surface area contributed by atoms with Crippen LogP contribution in [0.25, 0.3) is 5.65 Å². The van der Waals surface area contributed by atoms with E-state index < -0.39 is 11.6 Å². The van der Waals surface area contributed by atoms with Crippen molar-refractivity contribution in [2.45, 2.75) is 32.2 Å². The molecular weight excluding hydrogens is 320 g/mol. The zero-order valence-electron chi connectivity index (χ0n) is 14.0. The Bertz CT molecular complexity index is 1020. The van der Waals surface area contributed by atoms with E-state index in [1.54, 1.807) is 0 Å². The predicted octanol–water partition coefficient (Wildman–Crippen LogP) is 1.12. The van der Waals surface area contributed by atoms with Crippen LogP contribution in [0.3, 0.4) is 0 Å². The summed E-state index contributed by atoms with van der Waals surface area (Å²) in [6.45, 7) is 4.12. The second kappa shape index (κ2) is 5.51. The summed E-state index contributed by atoms with van der Waals surface area (Å²) in [6.07, 6.45) is 2.48. The Labute approximate surface area is 143 Å². The second-order valence-electron chi connectivity index (χ2n) is 6.63. The highest BCUT2D eigenvalue weighted by Gasteiger charge is 2.33. The van der Waals surface area contributed by atoms with Crippen LogP contribution in [0, 0.1) is 5.92 Å². The lowest BCUT2D eigenvalue weighted by Crippen LogP contribution is -2.32. The van der Waals surface area contributed by atoms with Gasteiger partial charge in [0.05, 0.1) is 6.04 Å². The molecule has 0 spiro atoms. The molecule has 2 heterocycles. The summed E-state index contributed by atoms with van der Waals surface area (Å²) in [7, 11) is 0. The number of aromatic nitrogens is 5. The van der Waals surface area contributed by atoms with Gasteiger partial charge >= 0.3 is 5.69 Å². The van der Waals surface area contributed by atoms with Crippen molar-refractivity contribution >= 4 is 11.6 Å². The van der Waals surface area contributed by atoms with Gasteiger partial charge in [-0.05, 0) is 36.3 Å². The van der Waals surface area contributed by atoms with Gasteiger partial charge < -0.3 is 5.73 Å². The van der Waals surface area contributed by atoms with E-state index >= 15 is 0 Å². The van der Waals surface area contributed by atoms with Crippen LogP contribution in [0.1, 0.15) is 53.8 Å². The molecule has 0 bridgehead atoms. The maximum absolute atomic E-state index is 12.6. The number of primary amides is 1. The largest absolute Gasteiger partial charge is 0.364 e. The third kappa shape index (κ3) is 2.50. The Morgan fingerprint density at radius 1 is 1.32 bits per heavy atom. The highest BCUT2D eigenvalue weighted by molar-refractivity contribution is 5.96. The number of hydrogen-bond acceptors (Lipinski definition) is 5. The van der Waals surface area contributed by atoms with E-state index in [1.165, 1.54) is 27.4 Å². The van der Waals surface area contributed by atoms with Crippen molar-refractivity contribution < 1.29 is 4.79 Å². The Morgan fingerprint density at radius 3 is 2.60 bits per heavy atom. The fourth-order valence-electron chi connectivity index (χ4n) is 3.18. The number of amides is 1. The lowest BCUT2D eigenvalue weighted by Gasteiger charge is -2.14. The Morgan fingerprint density at radius 2 is 2.00 bits per heavy atom. The fraction of sp³-hybridized carbons (Fsp3) is 0.353. The molecule has 4 rings (SSSR count). The molecule has 8 heteroatoms. The summed E-state index contributed by atoms with van der Waals surface area (Å²) in [4.78, 5) is 27.8. The Hall–Kier alpha value is -3.03. The van der Waals surface area contributed by atoms with E-state index in [-0.39, 0.29) is 17.4 Å². The molecular formula is C17H18N6O2. The van der Waals surface area contributed by atoms with Crippen molar-refractivity contribution in [1.29, 1.82) is 0 Å². The molecule has 0 aliphatic heterocycles. The van der Waals surface area contributed by atoms with Gasteiger partial charge in [-0.15, -0.1) is 5.10 Å². The van der Waals surface area contributed by atoms with Gasteiger partial charge in [-0.3, -0.25) is 4.79 Å². The highest BCUT2D eigenvalue weighted by Crippen LogP contribution is 2.46. The third-order valence-corrected chi connectivity index (χ3v) is 4.94. The standard InChI is InChI=1S/C17H18N6O2/c1-9-7-13(9)12-5-3-11(4-6-12)10(2)23-17(25)22-8-19-14(15(18)24)16(22)20-21-23/h3-6,8-10,13H,7H2,1-2H3,(H2,18,24)/t9?,10-,13?/m1/s1. The number of rotatable bonds is 4. The zero-order valence-corrected chi connectivity index (χ0v) is 14.0. The smallest absolute Gasteiger partial charge is 0.353 e. The van der Waals surface area contributed by atoms with Crippen LogP contribution in [-0.2, 0) is 0 Å². The number of carbonyl (C=O) groups excluding carboxylic acids is 1. The number of hydrogen-bond donors (Lipinski definition) is 1. The van der Waals surface area contributed by atoms with Crippen LogP contribution in [0.2, 0.25) is 0 Å². The van der Waals surface area contributed by atoms with Gasteiger partial charge in [-0.1, -0.05) is 36.4 Å². The van der Waals surface area contributed by atoms with E-state index in [2.05, 4.69) is 34.4 Å². The van der Waals surface area contributed by atoms with Crippen molar-refractivity contribution in [2.75, 3.05) is 0 Å². The number of carbonyl (C=O) groups is 1. The van der Waals surface area contributed by atoms with Gasteiger partial charge in [-0.25, -0.2) is 14.2 Å². The maximum Gasteiger partial charge on any atom is 0.353 e. The summed E-state index contributed by atoms with van der Waals surface area (Å²) in [5.41, 5.74) is 7.10. The van der Waals surface area contributed by atoms with E-state index in [0.717, 1.165) is 11.5 Å². The lowest BCUT2D eigenvalue weighted by atomic mass is 10.0. The average molecular weight is 338 g/mol. The van der Waals surface area contributed by atoms with Crippen LogP contribution < -0.4 is 11.4 Å². The lowest BCUT2D eigenvalue weighted by molar-refractivity contribution is 0.0997. The van der Waals surface area contributed by atoms with Crippen molar-refractivity contribution in [2.24, 2.45) is 11.7 Å². The molecule has 0 radical (unpaired) electrons. The minimum Gasteiger partial charge on any atom is -0.364 e. The minimum absolute atomic E-state index is 0.0627. The molecule has 25 heavy (non-hydrogen) atoms. The van der Waals surface area contributed by atoms with Gasteiger partial charge in [0.2, 0.25) is 0 Å². The van der Waals surface area contributed by atoms with Gasteiger partial charge in [0.25, 0.3) is 5.91 Å². The number of nitrogens with two attached hydrogens (primary N) is 1. The number of nitrogens with zero attached hydrogens (tertiary/aromatic N) is 5. The maximum atomic E-state index is 12.6. The van der Waals surface area contributed by atoms with E-state index in [4.69, 9.17) is 5.73 Å². The zero-order chi connectivity index (χ0) is 17.7. The predicted molar refractivity (Wildman–Crippen MR) is 90.3 cm³/mol. The first kappa shape index (κ1) is 15.5. The molecule has 1 saturated carbocycles. The van der Waals surface area contributed by atoms with Gasteiger partial charge in [0, 0.05) is 0 Å². The first-order valence-corrected chi connectivity index (χ1v) is 8.19. The van der Waals surface area contributed by atoms with Crippen molar-refractivity contribution in [3.8, 4) is 0 Å². The van der Waals surface area contributed by atoms with Crippen molar-refractivity contribution in [1.82, 2.24) is 24.4 Å². The van der Waals surface area contributed by atoms with Crippen LogP contribution in [-0.4, -0.2) is 30.3 Å². The molecule has 128 valence electrons. The summed E-state index contributed by atoms with van der Waals surface area (Å²) < 4.78 is 2.46. The summed E-state index contributed by atoms with van der Waals surface area (Å²) in [5.74, 6) is 0.660. The molecule has 1 aliphatic rings. The van der Waals surface area contributed by atoms with E-state index in [9.17, 15) is 9.59 Å². The fourth-order valence-corrected chi connectivity index (χ4v) is 3.18. The van der Waals surface area contributed by atoms with E-state index in [0.29, 0.717) is 5.92 Å². The van der Waals surface area contributed by atoms with Gasteiger partial charge in [0.15, 0.2) is 11.3 Å². The van der Waals surface area contributed by atoms with Crippen LogP contribution >= 0.6 is 0 Å². The van der Waals surface area contributed by atoms with Crippen LogP contribution in [0.4, 0.5) is 0 Å². The summed E-state index contributed by atoms with van der Waals surface area (Å²) in [5, 5.41) is 7.91. The molecule has 3 aromatic rings. The SMILES string of the molecule is CC1CC1c1ccc([C@@H](C)n2nnc3c(C(N)=O)ncn3c2=O)cc1. The van der Waals surface area contributed by atoms with Crippen molar-refractivity contribution in [3.63, 3.8) is 0 Å². The topological polar surface area (TPSA) is 108 Å². The van der Waals surface area contributed by atoms with Crippen LogP contribution in [0.5, 0.6) is 0 Å². The molecule has 3 atom stereocenters. The Balaban J connectivity index is 1.70. The first-order chi connectivity index (χ1) is 12.0. The molecule has 0 saturated heterocycles. The summed E-state index contributed by atoms with van der Waals surface area (Å²) >= 11 is 0. The average Bonchev–Trinajstić information content (AvgIpc) is 3.16. The molecule has 2 aromatic heterocycles. The quantitative estimate of drug-likeness (QED) is 0.767. The highest BCUT2D eigenvalue weighted by atomic mass is 16.2. The number of imidazole rings is 1. The van der Waals surface area contributed by atoms with Gasteiger partial charge in [-0.2, -0.15) is 4.68 Å². The number of benzene rings is 1. The van der Waals surface area contributed by atoms with E-state index in [1.807, 2.05) is 19.1 Å².